The second kappa shape index (κ2) is 8.76. The molecule has 0 aromatic heterocycles. The van der Waals surface area contributed by atoms with Gasteiger partial charge in [0.25, 0.3) is 11.6 Å². The molecule has 0 fully saturated rings. The zero-order chi connectivity index (χ0) is 20.8. The van der Waals surface area contributed by atoms with Crippen molar-refractivity contribution in [1.29, 1.82) is 0 Å². The van der Waals surface area contributed by atoms with Crippen LogP contribution in [0.4, 0.5) is 17.1 Å². The highest BCUT2D eigenvalue weighted by molar-refractivity contribution is 5.97. The molecule has 0 aliphatic rings. The molecule has 1 atom stereocenters. The Morgan fingerprint density at radius 1 is 1.04 bits per heavy atom. The number of ether oxygens (including phenoxy) is 1. The number of carbonyl (C=O) groups excluding carboxylic acids is 3. The van der Waals surface area contributed by atoms with Crippen LogP contribution in [0, 0.1) is 17.0 Å². The summed E-state index contributed by atoms with van der Waals surface area (Å²) < 4.78 is 5.12. The van der Waals surface area contributed by atoms with Gasteiger partial charge in [-0.1, -0.05) is 0 Å². The van der Waals surface area contributed by atoms with E-state index in [0.717, 1.165) is 0 Å². The number of amides is 2. The van der Waals surface area contributed by atoms with Gasteiger partial charge in [0.15, 0.2) is 6.10 Å². The van der Waals surface area contributed by atoms with Crippen LogP contribution >= 0.6 is 0 Å². The molecule has 2 amide bonds. The van der Waals surface area contributed by atoms with Gasteiger partial charge in [0.2, 0.25) is 5.91 Å². The Bertz CT molecular complexity index is 924. The number of nitro benzene ring substituents is 1. The number of hydrogen-bond acceptors (Lipinski definition) is 6. The van der Waals surface area contributed by atoms with E-state index >= 15 is 0 Å². The molecule has 2 aromatic carbocycles. The molecule has 0 heterocycles. The van der Waals surface area contributed by atoms with Gasteiger partial charge in [0.05, 0.1) is 10.5 Å². The van der Waals surface area contributed by atoms with Crippen LogP contribution in [-0.2, 0) is 14.3 Å². The summed E-state index contributed by atoms with van der Waals surface area (Å²) in [7, 11) is 0. The highest BCUT2D eigenvalue weighted by Crippen LogP contribution is 2.20. The highest BCUT2D eigenvalue weighted by Gasteiger charge is 2.21. The zero-order valence-electron chi connectivity index (χ0n) is 15.5. The average molecular weight is 385 g/mol. The van der Waals surface area contributed by atoms with Crippen molar-refractivity contribution in [3.63, 3.8) is 0 Å². The van der Waals surface area contributed by atoms with Crippen LogP contribution in [0.5, 0.6) is 0 Å². The Morgan fingerprint density at radius 2 is 1.61 bits per heavy atom. The third-order valence-electron chi connectivity index (χ3n) is 3.76. The molecule has 0 aliphatic carbocycles. The van der Waals surface area contributed by atoms with Crippen molar-refractivity contribution in [2.75, 3.05) is 10.6 Å². The van der Waals surface area contributed by atoms with Gasteiger partial charge in [-0.2, -0.15) is 0 Å². The van der Waals surface area contributed by atoms with Crippen molar-refractivity contribution >= 4 is 34.8 Å². The Kier molecular flexibility index (Phi) is 6.43. The van der Waals surface area contributed by atoms with Gasteiger partial charge in [0.1, 0.15) is 0 Å². The number of aryl methyl sites for hydroxylation is 1. The molecule has 146 valence electrons. The lowest BCUT2D eigenvalue weighted by Gasteiger charge is -2.14. The number of rotatable bonds is 6. The maximum Gasteiger partial charge on any atom is 0.338 e. The third kappa shape index (κ3) is 5.37. The van der Waals surface area contributed by atoms with Crippen molar-refractivity contribution in [1.82, 2.24) is 0 Å². The van der Waals surface area contributed by atoms with Crippen LogP contribution in [0.3, 0.4) is 0 Å². The molecule has 0 spiro atoms. The number of nitrogens with zero attached hydrogens (tertiary/aromatic N) is 1. The average Bonchev–Trinajstić information content (AvgIpc) is 2.62. The van der Waals surface area contributed by atoms with Crippen LogP contribution in [0.2, 0.25) is 0 Å². The van der Waals surface area contributed by atoms with Gasteiger partial charge in [-0.25, -0.2) is 4.79 Å². The van der Waals surface area contributed by atoms with E-state index in [1.807, 2.05) is 0 Å². The fourth-order valence-corrected chi connectivity index (χ4v) is 2.35. The summed E-state index contributed by atoms with van der Waals surface area (Å²) in [5, 5.41) is 16.0. The van der Waals surface area contributed by atoms with Crippen molar-refractivity contribution in [3.8, 4) is 0 Å². The van der Waals surface area contributed by atoms with Crippen LogP contribution < -0.4 is 10.6 Å². The fourth-order valence-electron chi connectivity index (χ4n) is 2.35. The number of benzene rings is 2. The number of carbonyl (C=O) groups is 3. The minimum Gasteiger partial charge on any atom is -0.449 e. The Morgan fingerprint density at radius 3 is 2.11 bits per heavy atom. The van der Waals surface area contributed by atoms with Gasteiger partial charge >= 0.3 is 5.97 Å². The van der Waals surface area contributed by atoms with Gasteiger partial charge < -0.3 is 15.4 Å². The summed E-state index contributed by atoms with van der Waals surface area (Å²) in [6.45, 7) is 4.31. The first kappa shape index (κ1) is 20.6. The minimum atomic E-state index is -1.09. The Hall–Kier alpha value is -3.75. The molecule has 9 nitrogen and oxygen atoms in total. The number of esters is 1. The van der Waals surface area contributed by atoms with Crippen LogP contribution in [0.15, 0.2) is 42.5 Å². The maximum absolute atomic E-state index is 12.2. The molecule has 0 aliphatic heterocycles. The molecule has 0 saturated carbocycles. The summed E-state index contributed by atoms with van der Waals surface area (Å²) in [6, 6.07) is 10.3. The largest absolute Gasteiger partial charge is 0.449 e. The molecule has 0 bridgehead atoms. The summed E-state index contributed by atoms with van der Waals surface area (Å²) in [5.41, 5.74) is 1.37. The van der Waals surface area contributed by atoms with Gasteiger partial charge in [-0.05, 0) is 50.2 Å². The molecule has 2 rings (SSSR count). The second-order valence-corrected chi connectivity index (χ2v) is 6.05. The molecule has 0 unspecified atom stereocenters. The van der Waals surface area contributed by atoms with E-state index in [0.29, 0.717) is 16.9 Å². The highest BCUT2D eigenvalue weighted by atomic mass is 16.6. The van der Waals surface area contributed by atoms with Crippen LogP contribution in [0.1, 0.15) is 29.8 Å². The van der Waals surface area contributed by atoms with E-state index in [4.69, 9.17) is 4.74 Å². The molecule has 9 heteroatoms. The van der Waals surface area contributed by atoms with E-state index in [-0.39, 0.29) is 17.2 Å². The lowest BCUT2D eigenvalue weighted by molar-refractivity contribution is -0.385. The molecular formula is C19H19N3O6. The summed E-state index contributed by atoms with van der Waals surface area (Å²) >= 11 is 0. The van der Waals surface area contributed by atoms with Crippen molar-refractivity contribution in [3.05, 3.63) is 63.7 Å². The Balaban J connectivity index is 1.98. The fraction of sp³-hybridized carbons (Fsp3) is 0.211. The molecule has 28 heavy (non-hydrogen) atoms. The molecular weight excluding hydrogens is 366 g/mol. The first-order valence-electron chi connectivity index (χ1n) is 8.32. The summed E-state index contributed by atoms with van der Waals surface area (Å²) in [6.07, 6.45) is -1.09. The number of nitro groups is 1. The summed E-state index contributed by atoms with van der Waals surface area (Å²) in [4.78, 5) is 45.7. The third-order valence-corrected chi connectivity index (χ3v) is 3.76. The normalized spacial score (nSPS) is 11.2. The Labute approximate surface area is 160 Å². The summed E-state index contributed by atoms with van der Waals surface area (Å²) in [5.74, 6) is -1.51. The smallest absolute Gasteiger partial charge is 0.338 e. The lowest BCUT2D eigenvalue weighted by Crippen LogP contribution is -2.30. The van der Waals surface area contributed by atoms with Crippen LogP contribution in [0.25, 0.3) is 0 Å². The number of hydrogen-bond donors (Lipinski definition) is 2. The zero-order valence-corrected chi connectivity index (χ0v) is 15.5. The lowest BCUT2D eigenvalue weighted by atomic mass is 10.1. The topological polar surface area (TPSA) is 128 Å². The number of anilines is 2. The van der Waals surface area contributed by atoms with Crippen LogP contribution in [-0.4, -0.2) is 28.8 Å². The second-order valence-electron chi connectivity index (χ2n) is 6.05. The predicted octanol–water partition coefficient (Wildman–Crippen LogP) is 3.05. The van der Waals surface area contributed by atoms with Gasteiger partial charge in [-0.3, -0.25) is 19.7 Å². The molecule has 0 radical (unpaired) electrons. The van der Waals surface area contributed by atoms with Crippen molar-refractivity contribution < 1.29 is 24.0 Å². The number of nitrogens with one attached hydrogen (secondary N) is 2. The van der Waals surface area contributed by atoms with E-state index in [1.54, 1.807) is 24.3 Å². The molecule has 2 aromatic rings. The minimum absolute atomic E-state index is 0.106. The monoisotopic (exact) mass is 385 g/mol. The van der Waals surface area contributed by atoms with E-state index in [1.165, 1.54) is 39.0 Å². The first-order chi connectivity index (χ1) is 13.2. The SMILES string of the molecule is CC(=O)Nc1ccc(NC(=O)[C@@H](C)OC(=O)c2ccc([N+](=O)[O-])c(C)c2)cc1. The van der Waals surface area contributed by atoms with E-state index in [9.17, 15) is 24.5 Å². The molecule has 0 saturated heterocycles. The standard InChI is InChI=1S/C19H19N3O6/c1-11-10-14(4-9-17(11)22(26)27)19(25)28-12(2)18(24)21-16-7-5-15(6-8-16)20-13(3)23/h4-10,12H,1-3H3,(H,20,23)(H,21,24)/t12-/m1/s1. The van der Waals surface area contributed by atoms with Crippen molar-refractivity contribution in [2.24, 2.45) is 0 Å². The van der Waals surface area contributed by atoms with Gasteiger partial charge in [0, 0.05) is 29.9 Å². The molecule has 2 N–H and O–H groups in total. The predicted molar refractivity (Wildman–Crippen MR) is 102 cm³/mol. The van der Waals surface area contributed by atoms with Crippen molar-refractivity contribution in [2.45, 2.75) is 26.9 Å². The quantitative estimate of drug-likeness (QED) is 0.447. The van der Waals surface area contributed by atoms with E-state index < -0.39 is 22.9 Å². The first-order valence-corrected chi connectivity index (χ1v) is 8.32. The van der Waals surface area contributed by atoms with E-state index in [2.05, 4.69) is 10.6 Å². The van der Waals surface area contributed by atoms with Gasteiger partial charge in [-0.15, -0.1) is 0 Å². The maximum atomic E-state index is 12.2.